The average Bonchev–Trinajstić information content (AvgIpc) is 3.19. The zero-order valence-corrected chi connectivity index (χ0v) is 16.6. The minimum Gasteiger partial charge on any atom is -0.458 e. The molecule has 0 saturated heterocycles. The molecule has 3 aromatic rings. The minimum atomic E-state index is -1.47. The van der Waals surface area contributed by atoms with Gasteiger partial charge in [-0.15, -0.1) is 0 Å². The first-order chi connectivity index (χ1) is 15.0. The van der Waals surface area contributed by atoms with Crippen LogP contribution in [0.3, 0.4) is 0 Å². The summed E-state index contributed by atoms with van der Waals surface area (Å²) in [6.45, 7) is -0.517. The minimum absolute atomic E-state index is 0.0111. The van der Waals surface area contributed by atoms with Crippen LogP contribution in [-0.2, 0) is 16.1 Å². The van der Waals surface area contributed by atoms with Gasteiger partial charge in [-0.05, 0) is 36.8 Å². The summed E-state index contributed by atoms with van der Waals surface area (Å²) in [5.74, 6) is -0.892. The molecule has 1 aromatic carbocycles. The second-order valence-electron chi connectivity index (χ2n) is 6.61. The highest BCUT2D eigenvalue weighted by Gasteiger charge is 2.21. The number of carbonyl (C=O) groups is 2. The van der Waals surface area contributed by atoms with Gasteiger partial charge in [0.25, 0.3) is 5.91 Å². The van der Waals surface area contributed by atoms with Gasteiger partial charge in [0.05, 0.1) is 12.1 Å². The van der Waals surface area contributed by atoms with Crippen molar-refractivity contribution >= 4 is 28.4 Å². The lowest BCUT2D eigenvalue weighted by molar-refractivity contribution is -0.115. The molecule has 3 N–H and O–H groups in total. The summed E-state index contributed by atoms with van der Waals surface area (Å²) in [5.41, 5.74) is 6.58. The van der Waals surface area contributed by atoms with Crippen molar-refractivity contribution in [3.63, 3.8) is 0 Å². The fourth-order valence-corrected chi connectivity index (χ4v) is 2.87. The van der Waals surface area contributed by atoms with Crippen LogP contribution >= 0.6 is 0 Å². The monoisotopic (exact) mass is 430 g/mol. The number of rotatable bonds is 8. The Kier molecular flexibility index (Phi) is 6.91. The summed E-state index contributed by atoms with van der Waals surface area (Å²) in [5, 5.41) is 3.22. The van der Waals surface area contributed by atoms with Gasteiger partial charge < -0.3 is 20.2 Å². The van der Waals surface area contributed by atoms with E-state index in [1.54, 1.807) is 25.1 Å². The summed E-state index contributed by atoms with van der Waals surface area (Å²) >= 11 is 0. The van der Waals surface area contributed by atoms with Gasteiger partial charge in [-0.1, -0.05) is 0 Å². The summed E-state index contributed by atoms with van der Waals surface area (Å²) in [4.78, 5) is 32.8. The molecule has 3 rings (SSSR count). The number of alkyl halides is 2. The molecule has 0 unspecified atom stereocenters. The number of hydrogen-bond acceptors (Lipinski definition) is 7. The molecule has 1 amide bonds. The third-order valence-electron chi connectivity index (χ3n) is 4.29. The maximum absolute atomic E-state index is 12.7. The van der Waals surface area contributed by atoms with Crippen molar-refractivity contribution in [2.24, 2.45) is 5.73 Å². The highest BCUT2D eigenvalue weighted by Crippen LogP contribution is 2.26. The molecule has 0 spiro atoms. The Hall–Kier alpha value is -3.82. The number of aromatic nitrogens is 2. The Morgan fingerprint density at radius 3 is 2.58 bits per heavy atom. The van der Waals surface area contributed by atoms with Gasteiger partial charge >= 0.3 is 5.97 Å². The number of esters is 1. The summed E-state index contributed by atoms with van der Waals surface area (Å²) in [6.07, 6.45) is 2.60. The second-order valence-corrected chi connectivity index (χ2v) is 6.61. The summed E-state index contributed by atoms with van der Waals surface area (Å²) < 4.78 is 36.0. The Morgan fingerprint density at radius 2 is 1.94 bits per heavy atom. The molecule has 0 radical (unpaired) electrons. The highest BCUT2D eigenvalue weighted by atomic mass is 19.1. The largest absolute Gasteiger partial charge is 0.458 e. The average molecular weight is 430 g/mol. The van der Waals surface area contributed by atoms with Gasteiger partial charge in [-0.2, -0.15) is 0 Å². The van der Waals surface area contributed by atoms with Crippen LogP contribution in [0.5, 0.6) is 0 Å². The maximum atomic E-state index is 12.7. The molecule has 8 nitrogen and oxygen atoms in total. The number of furan rings is 1. The quantitative estimate of drug-likeness (QED) is 0.416. The molecule has 0 bridgehead atoms. The number of aryl methyl sites for hydroxylation is 1. The zero-order valence-electron chi connectivity index (χ0n) is 16.6. The van der Waals surface area contributed by atoms with Crippen LogP contribution in [0.1, 0.15) is 27.5 Å². The summed E-state index contributed by atoms with van der Waals surface area (Å²) in [6, 6.07) is 6.53. The molecule has 2 aromatic heterocycles. The number of benzene rings is 1. The number of fused-ring (bicyclic) bond motifs is 1. The third-order valence-corrected chi connectivity index (χ3v) is 4.29. The van der Waals surface area contributed by atoms with Gasteiger partial charge in [0, 0.05) is 24.0 Å². The predicted octanol–water partition coefficient (Wildman–Crippen LogP) is 2.61. The first-order valence-corrected chi connectivity index (χ1v) is 9.30. The van der Waals surface area contributed by atoms with Gasteiger partial charge in [-0.3, -0.25) is 4.79 Å². The molecule has 0 aliphatic rings. The number of ether oxygens (including phenoxy) is 1. The van der Waals surface area contributed by atoms with Crippen LogP contribution in [0.2, 0.25) is 0 Å². The van der Waals surface area contributed by atoms with Gasteiger partial charge in [-0.25, -0.2) is 23.5 Å². The third kappa shape index (κ3) is 5.03. The van der Waals surface area contributed by atoms with E-state index in [1.807, 2.05) is 0 Å². The van der Waals surface area contributed by atoms with Crippen LogP contribution in [0.4, 0.5) is 8.78 Å². The fraction of sp³-hybridized carbons (Fsp3) is 0.238. The number of nitrogens with zero attached hydrogens (tertiary/aromatic N) is 2. The van der Waals surface area contributed by atoms with E-state index in [9.17, 15) is 18.4 Å². The molecule has 162 valence electrons. The lowest BCUT2D eigenvalue weighted by Crippen LogP contribution is -2.25. The van der Waals surface area contributed by atoms with Crippen molar-refractivity contribution in [2.75, 3.05) is 13.3 Å². The van der Waals surface area contributed by atoms with E-state index in [1.165, 1.54) is 18.5 Å². The highest BCUT2D eigenvalue weighted by molar-refractivity contribution is 6.18. The predicted molar refractivity (Wildman–Crippen MR) is 108 cm³/mol. The van der Waals surface area contributed by atoms with E-state index in [-0.39, 0.29) is 29.1 Å². The van der Waals surface area contributed by atoms with Gasteiger partial charge in [0.1, 0.15) is 30.3 Å². The van der Waals surface area contributed by atoms with Gasteiger partial charge in [0.15, 0.2) is 11.9 Å². The fourth-order valence-electron chi connectivity index (χ4n) is 2.87. The van der Waals surface area contributed by atoms with Crippen LogP contribution in [-0.4, -0.2) is 41.3 Å². The number of amides is 1. The molecular weight excluding hydrogens is 410 g/mol. The lowest BCUT2D eigenvalue weighted by Gasteiger charge is -2.11. The van der Waals surface area contributed by atoms with Crippen LogP contribution < -0.4 is 11.1 Å². The van der Waals surface area contributed by atoms with Crippen molar-refractivity contribution < 1.29 is 27.5 Å². The van der Waals surface area contributed by atoms with Crippen molar-refractivity contribution in [1.29, 1.82) is 0 Å². The standard InChI is InChI=1S/C21H20F2N4O4/c1-12-5-13-7-14(11-27-20(28)17(10-24)19-25-3-2-4-26-19)30-18(13)16(6-12)21(29)31-15(8-22)9-23/h2-7,10,15H,8-9,11,24H2,1H3,(H,27,28)/b17-10+. The second kappa shape index (κ2) is 9.79. The van der Waals surface area contributed by atoms with E-state index in [2.05, 4.69) is 15.3 Å². The molecule has 0 fully saturated rings. The van der Waals surface area contributed by atoms with E-state index in [4.69, 9.17) is 14.9 Å². The maximum Gasteiger partial charge on any atom is 0.342 e. The molecule has 0 atom stereocenters. The molecule has 31 heavy (non-hydrogen) atoms. The molecule has 10 heteroatoms. The van der Waals surface area contributed by atoms with E-state index < -0.39 is 31.3 Å². The van der Waals surface area contributed by atoms with Crippen molar-refractivity contribution in [2.45, 2.75) is 19.6 Å². The van der Waals surface area contributed by atoms with Crippen LogP contribution in [0.15, 0.2) is 47.3 Å². The van der Waals surface area contributed by atoms with Crippen molar-refractivity contribution in [3.05, 3.63) is 65.6 Å². The Balaban J connectivity index is 1.79. The van der Waals surface area contributed by atoms with E-state index >= 15 is 0 Å². The van der Waals surface area contributed by atoms with Crippen molar-refractivity contribution in [3.8, 4) is 0 Å². The normalized spacial score (nSPS) is 11.7. The number of halogens is 2. The van der Waals surface area contributed by atoms with Crippen LogP contribution in [0, 0.1) is 6.92 Å². The number of carbonyl (C=O) groups excluding carboxylic acids is 2. The Morgan fingerprint density at radius 1 is 1.23 bits per heavy atom. The first kappa shape index (κ1) is 21.9. The zero-order chi connectivity index (χ0) is 22.4. The SMILES string of the molecule is Cc1cc(C(=O)OC(CF)CF)c2oc(CNC(=O)/C(=C/N)c3ncccn3)cc2c1. The van der Waals surface area contributed by atoms with Crippen LogP contribution in [0.25, 0.3) is 16.5 Å². The first-order valence-electron chi connectivity index (χ1n) is 9.30. The number of nitrogens with one attached hydrogen (secondary N) is 1. The number of nitrogens with two attached hydrogens (primary N) is 1. The topological polar surface area (TPSA) is 120 Å². The van der Waals surface area contributed by atoms with Gasteiger partial charge in [0.2, 0.25) is 0 Å². The smallest absolute Gasteiger partial charge is 0.342 e. The Bertz CT molecular complexity index is 1110. The lowest BCUT2D eigenvalue weighted by atomic mass is 10.1. The molecular formula is C21H20F2N4O4. The molecule has 0 aliphatic carbocycles. The molecule has 0 saturated carbocycles. The van der Waals surface area contributed by atoms with Crippen molar-refractivity contribution in [1.82, 2.24) is 15.3 Å². The summed E-state index contributed by atoms with van der Waals surface area (Å²) in [7, 11) is 0. The van der Waals surface area contributed by atoms with E-state index in [0.29, 0.717) is 11.1 Å². The molecule has 0 aliphatic heterocycles. The molecule has 2 heterocycles. The van der Waals surface area contributed by atoms with E-state index in [0.717, 1.165) is 11.8 Å². The number of hydrogen-bond donors (Lipinski definition) is 2. The Labute approximate surface area is 176 Å².